The molecule has 0 saturated heterocycles. The summed E-state index contributed by atoms with van der Waals surface area (Å²) in [5, 5.41) is 3.88. The number of nitrogens with zero attached hydrogens (tertiary/aromatic N) is 3. The van der Waals surface area contributed by atoms with Gasteiger partial charge in [-0.25, -0.2) is 17.8 Å². The Morgan fingerprint density at radius 3 is 2.81 bits per heavy atom. The van der Waals surface area contributed by atoms with Crippen LogP contribution >= 0.6 is 0 Å². The van der Waals surface area contributed by atoms with Gasteiger partial charge < -0.3 is 4.90 Å². The lowest BCUT2D eigenvalue weighted by molar-refractivity contribution is -0.116. The highest BCUT2D eigenvalue weighted by atomic mass is 32.2. The molecular weight excluding hydrogens is 356 g/mol. The molecule has 1 aromatic heterocycles. The third kappa shape index (κ3) is 3.54. The Balaban J connectivity index is 1.74. The summed E-state index contributed by atoms with van der Waals surface area (Å²) in [4.78, 5) is 25.2. The van der Waals surface area contributed by atoms with E-state index in [0.717, 1.165) is 11.3 Å². The van der Waals surface area contributed by atoms with E-state index in [9.17, 15) is 18.0 Å². The number of benzene rings is 1. The Labute approximate surface area is 151 Å². The average Bonchev–Trinajstić information content (AvgIpc) is 2.91. The summed E-state index contributed by atoms with van der Waals surface area (Å²) >= 11 is 0. The van der Waals surface area contributed by atoms with Crippen molar-refractivity contribution >= 4 is 21.6 Å². The predicted molar refractivity (Wildman–Crippen MR) is 96.5 cm³/mol. The van der Waals surface area contributed by atoms with Crippen LogP contribution in [0, 0.1) is 0 Å². The van der Waals surface area contributed by atoms with Crippen LogP contribution in [0.4, 0.5) is 5.69 Å². The molecule has 1 aliphatic rings. The van der Waals surface area contributed by atoms with E-state index in [4.69, 9.17) is 0 Å². The lowest BCUT2D eigenvalue weighted by atomic mass is 10.1. The van der Waals surface area contributed by atoms with Gasteiger partial charge in [-0.1, -0.05) is 0 Å². The molecule has 2 heterocycles. The second-order valence-electron chi connectivity index (χ2n) is 6.22. The van der Waals surface area contributed by atoms with Crippen LogP contribution in [-0.4, -0.2) is 36.7 Å². The molecule has 0 bridgehead atoms. The molecule has 0 aliphatic carbocycles. The fraction of sp³-hybridized carbons (Fsp3) is 0.353. The first-order valence-electron chi connectivity index (χ1n) is 8.24. The summed E-state index contributed by atoms with van der Waals surface area (Å²) in [7, 11) is -3.72. The Kier molecular flexibility index (Phi) is 4.92. The molecule has 1 aromatic carbocycles. The zero-order chi connectivity index (χ0) is 18.9. The number of amides is 1. The normalized spacial score (nSPS) is 16.5. The molecule has 0 spiro atoms. The molecule has 1 N–H and O–H groups in total. The number of fused-ring (bicyclic) bond motifs is 1. The van der Waals surface area contributed by atoms with Crippen molar-refractivity contribution in [3.63, 3.8) is 0 Å². The Hall–Kier alpha value is -2.52. The standard InChI is InChI=1S/C17H20N4O4S/c1-12-10-14-11-15(5-6-16(14)21(12)13(2)22)26(24,25)19-8-9-20-17(23)4-3-7-18-20/h3-7,11-12,19H,8-10H2,1-2H3/t12-/m0/s1. The first kappa shape index (κ1) is 18.3. The van der Waals surface area contributed by atoms with Crippen molar-refractivity contribution in [1.29, 1.82) is 0 Å². The van der Waals surface area contributed by atoms with Gasteiger partial charge in [-0.3, -0.25) is 9.59 Å². The van der Waals surface area contributed by atoms with Gasteiger partial charge in [-0.05, 0) is 43.2 Å². The Morgan fingerprint density at radius 1 is 1.35 bits per heavy atom. The van der Waals surface area contributed by atoms with Crippen molar-refractivity contribution in [1.82, 2.24) is 14.5 Å². The van der Waals surface area contributed by atoms with Crippen molar-refractivity contribution in [3.8, 4) is 0 Å². The van der Waals surface area contributed by atoms with E-state index >= 15 is 0 Å². The lowest BCUT2D eigenvalue weighted by Crippen LogP contribution is -2.33. The smallest absolute Gasteiger partial charge is 0.266 e. The van der Waals surface area contributed by atoms with Gasteiger partial charge in [0, 0.05) is 37.5 Å². The maximum absolute atomic E-state index is 12.5. The van der Waals surface area contributed by atoms with Crippen molar-refractivity contribution in [2.75, 3.05) is 11.4 Å². The zero-order valence-corrected chi connectivity index (χ0v) is 15.4. The molecule has 2 aromatic rings. The number of rotatable bonds is 5. The maximum Gasteiger partial charge on any atom is 0.266 e. The maximum atomic E-state index is 12.5. The number of aromatic nitrogens is 2. The third-order valence-corrected chi connectivity index (χ3v) is 5.78. The minimum Gasteiger partial charge on any atom is -0.309 e. The summed E-state index contributed by atoms with van der Waals surface area (Å²) in [6.45, 7) is 3.61. The van der Waals surface area contributed by atoms with Crippen LogP contribution in [0.5, 0.6) is 0 Å². The first-order chi connectivity index (χ1) is 12.3. The molecule has 8 nitrogen and oxygen atoms in total. The van der Waals surface area contributed by atoms with E-state index in [1.165, 1.54) is 36.0 Å². The SMILES string of the molecule is CC(=O)N1c2ccc(S(=O)(=O)NCCn3ncccc3=O)cc2C[C@@H]1C. The second kappa shape index (κ2) is 7.00. The molecule has 0 unspecified atom stereocenters. The number of hydrogen-bond acceptors (Lipinski definition) is 5. The Bertz CT molecular complexity index is 1000. The molecule has 1 atom stereocenters. The van der Waals surface area contributed by atoms with Gasteiger partial charge in [0.05, 0.1) is 11.4 Å². The molecular formula is C17H20N4O4S. The molecule has 0 radical (unpaired) electrons. The molecule has 1 aliphatic heterocycles. The molecule has 9 heteroatoms. The highest BCUT2D eigenvalue weighted by molar-refractivity contribution is 7.89. The van der Waals surface area contributed by atoms with Crippen LogP contribution in [0.3, 0.4) is 0 Å². The van der Waals surface area contributed by atoms with E-state index in [-0.39, 0.29) is 35.5 Å². The fourth-order valence-corrected chi connectivity index (χ4v) is 4.25. The van der Waals surface area contributed by atoms with Crippen molar-refractivity contribution in [2.45, 2.75) is 37.8 Å². The summed E-state index contributed by atoms with van der Waals surface area (Å²) in [5.41, 5.74) is 1.29. The predicted octanol–water partition coefficient (Wildman–Crippen LogP) is 0.519. The van der Waals surface area contributed by atoms with Gasteiger partial charge in [-0.15, -0.1) is 0 Å². The number of nitrogens with one attached hydrogen (secondary N) is 1. The summed E-state index contributed by atoms with van der Waals surface area (Å²) in [6, 6.07) is 7.65. The number of hydrogen-bond donors (Lipinski definition) is 1. The largest absolute Gasteiger partial charge is 0.309 e. The lowest BCUT2D eigenvalue weighted by Gasteiger charge is -2.20. The molecule has 0 saturated carbocycles. The van der Waals surface area contributed by atoms with Crippen LogP contribution in [0.15, 0.2) is 46.2 Å². The molecule has 0 fully saturated rings. The van der Waals surface area contributed by atoms with Crippen molar-refractivity contribution < 1.29 is 13.2 Å². The first-order valence-corrected chi connectivity index (χ1v) is 9.72. The van der Waals surface area contributed by atoms with E-state index in [2.05, 4.69) is 9.82 Å². The van der Waals surface area contributed by atoms with Crippen molar-refractivity contribution in [3.05, 3.63) is 52.4 Å². The van der Waals surface area contributed by atoms with Gasteiger partial charge in [0.2, 0.25) is 15.9 Å². The van der Waals surface area contributed by atoms with Crippen molar-refractivity contribution in [2.24, 2.45) is 0 Å². The van der Waals surface area contributed by atoms with Gasteiger partial charge >= 0.3 is 0 Å². The van der Waals surface area contributed by atoms with Crippen LogP contribution < -0.4 is 15.2 Å². The van der Waals surface area contributed by atoms with Gasteiger partial charge in [-0.2, -0.15) is 5.10 Å². The van der Waals surface area contributed by atoms with Crippen LogP contribution in [0.25, 0.3) is 0 Å². The monoisotopic (exact) mass is 376 g/mol. The minimum atomic E-state index is -3.72. The van der Waals surface area contributed by atoms with E-state index < -0.39 is 10.0 Å². The quantitative estimate of drug-likeness (QED) is 0.820. The molecule has 26 heavy (non-hydrogen) atoms. The van der Waals surface area contributed by atoms with E-state index in [1.807, 2.05) is 6.92 Å². The number of anilines is 1. The van der Waals surface area contributed by atoms with Crippen LogP contribution in [-0.2, 0) is 27.8 Å². The summed E-state index contributed by atoms with van der Waals surface area (Å²) < 4.78 is 28.7. The molecule has 3 rings (SSSR count). The molecule has 1 amide bonds. The second-order valence-corrected chi connectivity index (χ2v) is 7.98. The van der Waals surface area contributed by atoms with Gasteiger partial charge in [0.15, 0.2) is 0 Å². The van der Waals surface area contributed by atoms with E-state index in [0.29, 0.717) is 6.42 Å². The van der Waals surface area contributed by atoms with Gasteiger partial charge in [0.1, 0.15) is 0 Å². The zero-order valence-electron chi connectivity index (χ0n) is 14.5. The topological polar surface area (TPSA) is 101 Å². The summed E-state index contributed by atoms with van der Waals surface area (Å²) in [6.07, 6.45) is 2.08. The minimum absolute atomic E-state index is 0.00411. The van der Waals surface area contributed by atoms with Crippen LogP contribution in [0.1, 0.15) is 19.4 Å². The highest BCUT2D eigenvalue weighted by Crippen LogP contribution is 2.33. The highest BCUT2D eigenvalue weighted by Gasteiger charge is 2.30. The number of sulfonamides is 1. The number of carbonyl (C=O) groups is 1. The average molecular weight is 376 g/mol. The molecule has 138 valence electrons. The fourth-order valence-electron chi connectivity index (χ4n) is 3.18. The Morgan fingerprint density at radius 2 is 2.12 bits per heavy atom. The third-order valence-electron chi connectivity index (χ3n) is 4.32. The van der Waals surface area contributed by atoms with Gasteiger partial charge in [0.25, 0.3) is 5.56 Å². The number of carbonyl (C=O) groups excluding carboxylic acids is 1. The van der Waals surface area contributed by atoms with E-state index in [1.54, 1.807) is 17.0 Å². The summed E-state index contributed by atoms with van der Waals surface area (Å²) in [5.74, 6) is -0.0641. The van der Waals surface area contributed by atoms with Crippen LogP contribution in [0.2, 0.25) is 0 Å².